The highest BCUT2D eigenvalue weighted by molar-refractivity contribution is 9.10. The fraction of sp³-hybridized carbons (Fsp3) is 0.231. The molecule has 0 unspecified atom stereocenters. The Kier molecular flexibility index (Phi) is 5.93. The molecule has 1 N–H and O–H groups in total. The summed E-state index contributed by atoms with van der Waals surface area (Å²) in [6.07, 6.45) is -0.355. The van der Waals surface area contributed by atoms with Gasteiger partial charge in [-0.1, -0.05) is 51.8 Å². The van der Waals surface area contributed by atoms with Crippen molar-refractivity contribution >= 4 is 33.3 Å². The molecular formula is C26H24BrNO4. The smallest absolute Gasteiger partial charge is 0.264 e. The molecule has 1 amide bonds. The second-order valence-electron chi connectivity index (χ2n) is 8.17. The zero-order valence-electron chi connectivity index (χ0n) is 18.2. The predicted molar refractivity (Wildman–Crippen MR) is 127 cm³/mol. The molecule has 0 aromatic heterocycles. The number of aliphatic hydroxyl groups is 1. The zero-order valence-corrected chi connectivity index (χ0v) is 19.8. The van der Waals surface area contributed by atoms with Gasteiger partial charge in [0.2, 0.25) is 0 Å². The molecule has 0 saturated heterocycles. The number of rotatable bonds is 6. The van der Waals surface area contributed by atoms with Crippen LogP contribution in [-0.4, -0.2) is 23.9 Å². The van der Waals surface area contributed by atoms with Gasteiger partial charge >= 0.3 is 0 Å². The first-order valence-corrected chi connectivity index (χ1v) is 11.1. The minimum Gasteiger partial charge on any atom is -0.497 e. The molecule has 1 heterocycles. The Morgan fingerprint density at radius 3 is 2.62 bits per heavy atom. The van der Waals surface area contributed by atoms with Crippen LogP contribution in [0.2, 0.25) is 0 Å². The van der Waals surface area contributed by atoms with Crippen molar-refractivity contribution in [1.29, 1.82) is 0 Å². The van der Waals surface area contributed by atoms with Crippen LogP contribution in [-0.2, 0) is 16.9 Å². The van der Waals surface area contributed by atoms with Crippen molar-refractivity contribution in [2.45, 2.75) is 32.4 Å². The molecule has 6 heteroatoms. The van der Waals surface area contributed by atoms with Crippen LogP contribution in [0.5, 0.6) is 5.75 Å². The Morgan fingerprint density at radius 1 is 1.09 bits per heavy atom. The van der Waals surface area contributed by atoms with Gasteiger partial charge in [0.15, 0.2) is 11.4 Å². The molecule has 3 aromatic carbocycles. The lowest BCUT2D eigenvalue weighted by Crippen LogP contribution is -2.41. The van der Waals surface area contributed by atoms with Crippen molar-refractivity contribution in [1.82, 2.24) is 0 Å². The summed E-state index contributed by atoms with van der Waals surface area (Å²) in [5, 5.41) is 11.6. The molecular weight excluding hydrogens is 470 g/mol. The zero-order chi connectivity index (χ0) is 23.0. The number of carbonyl (C=O) groups is 2. The van der Waals surface area contributed by atoms with Crippen molar-refractivity contribution < 1.29 is 19.4 Å². The average Bonchev–Trinajstić information content (AvgIpc) is 2.97. The summed E-state index contributed by atoms with van der Waals surface area (Å²) in [7, 11) is 1.52. The van der Waals surface area contributed by atoms with Gasteiger partial charge in [0.25, 0.3) is 5.91 Å². The van der Waals surface area contributed by atoms with Crippen LogP contribution in [0.15, 0.2) is 65.1 Å². The van der Waals surface area contributed by atoms with Gasteiger partial charge < -0.3 is 14.7 Å². The van der Waals surface area contributed by atoms with Crippen molar-refractivity contribution in [3.05, 3.63) is 93.0 Å². The van der Waals surface area contributed by atoms with Crippen molar-refractivity contribution in [2.75, 3.05) is 12.0 Å². The second kappa shape index (κ2) is 8.52. The SMILES string of the molecule is COc1cccc(C(=O)C[C@]2(O)C(=O)N(Cc3cc(C)ccc3C)c3ccc(Br)cc32)c1. The molecule has 1 aliphatic rings. The molecule has 0 bridgehead atoms. The highest BCUT2D eigenvalue weighted by Crippen LogP contribution is 2.45. The first-order chi connectivity index (χ1) is 15.2. The van der Waals surface area contributed by atoms with Crippen LogP contribution < -0.4 is 9.64 Å². The van der Waals surface area contributed by atoms with E-state index in [1.807, 2.05) is 38.1 Å². The van der Waals surface area contributed by atoms with Crippen molar-refractivity contribution in [3.63, 3.8) is 0 Å². The topological polar surface area (TPSA) is 66.8 Å². The summed E-state index contributed by atoms with van der Waals surface area (Å²) in [6, 6.07) is 18.2. The predicted octanol–water partition coefficient (Wildman–Crippen LogP) is 5.08. The van der Waals surface area contributed by atoms with E-state index in [4.69, 9.17) is 4.74 Å². The standard InChI is InChI=1S/C26H24BrNO4/c1-16-7-8-17(2)19(11-16)15-28-23-10-9-20(27)13-22(23)26(31,25(28)30)14-24(29)18-5-4-6-21(12-18)32-3/h4-13,31H,14-15H2,1-3H3/t26-/m1/s1. The van der Waals surface area contributed by atoms with Crippen molar-refractivity contribution in [3.8, 4) is 5.75 Å². The molecule has 0 spiro atoms. The molecule has 0 aliphatic carbocycles. The number of ether oxygens (including phenoxy) is 1. The summed E-state index contributed by atoms with van der Waals surface area (Å²) in [5.74, 6) is -0.290. The Morgan fingerprint density at radius 2 is 1.88 bits per heavy atom. The van der Waals surface area contributed by atoms with Gasteiger partial charge in [-0.2, -0.15) is 0 Å². The number of nitrogens with zero attached hydrogens (tertiary/aromatic N) is 1. The van der Waals surface area contributed by atoms with Crippen LogP contribution in [0.4, 0.5) is 5.69 Å². The van der Waals surface area contributed by atoms with E-state index in [1.54, 1.807) is 41.3 Å². The Bertz CT molecular complexity index is 1220. The number of hydrogen-bond acceptors (Lipinski definition) is 4. The van der Waals surface area contributed by atoms with Crippen molar-refractivity contribution in [2.24, 2.45) is 0 Å². The van der Waals surface area contributed by atoms with E-state index < -0.39 is 11.5 Å². The molecule has 164 valence electrons. The largest absolute Gasteiger partial charge is 0.497 e. The number of Topliss-reactive ketones (excluding diaryl/α,β-unsaturated/α-hetero) is 1. The Balaban J connectivity index is 1.72. The molecule has 4 rings (SSSR count). The van der Waals surface area contributed by atoms with E-state index in [9.17, 15) is 14.7 Å². The number of methoxy groups -OCH3 is 1. The highest BCUT2D eigenvalue weighted by atomic mass is 79.9. The quantitative estimate of drug-likeness (QED) is 0.486. The molecule has 0 saturated carbocycles. The molecule has 0 radical (unpaired) electrons. The number of fused-ring (bicyclic) bond motifs is 1. The Labute approximate surface area is 195 Å². The summed E-state index contributed by atoms with van der Waals surface area (Å²) < 4.78 is 5.93. The molecule has 1 aliphatic heterocycles. The van der Waals surface area contributed by atoms with E-state index in [1.165, 1.54) is 7.11 Å². The maximum absolute atomic E-state index is 13.6. The minimum absolute atomic E-state index is 0.316. The lowest BCUT2D eigenvalue weighted by molar-refractivity contribution is -0.136. The van der Waals surface area contributed by atoms with Crippen LogP contribution >= 0.6 is 15.9 Å². The summed E-state index contributed by atoms with van der Waals surface area (Å²) >= 11 is 3.43. The lowest BCUT2D eigenvalue weighted by Gasteiger charge is -2.23. The van der Waals surface area contributed by atoms with E-state index in [2.05, 4.69) is 15.9 Å². The maximum Gasteiger partial charge on any atom is 0.264 e. The first-order valence-electron chi connectivity index (χ1n) is 10.3. The molecule has 1 atom stereocenters. The maximum atomic E-state index is 13.6. The number of amides is 1. The summed E-state index contributed by atoms with van der Waals surface area (Å²) in [5.41, 5.74) is 2.63. The van der Waals surface area contributed by atoms with Gasteiger partial charge in [-0.3, -0.25) is 9.59 Å². The molecule has 0 fully saturated rings. The number of benzene rings is 3. The van der Waals surface area contributed by atoms with Gasteiger partial charge in [-0.25, -0.2) is 0 Å². The third kappa shape index (κ3) is 3.96. The average molecular weight is 494 g/mol. The minimum atomic E-state index is -1.95. The number of ketones is 1. The third-order valence-electron chi connectivity index (χ3n) is 5.94. The first kappa shape index (κ1) is 22.2. The number of anilines is 1. The van der Waals surface area contributed by atoms with Gasteiger partial charge in [0.1, 0.15) is 5.75 Å². The number of carbonyl (C=O) groups excluding carboxylic acids is 2. The third-order valence-corrected chi connectivity index (χ3v) is 6.43. The monoisotopic (exact) mass is 493 g/mol. The van der Waals surface area contributed by atoms with E-state index in [-0.39, 0.29) is 12.2 Å². The highest BCUT2D eigenvalue weighted by Gasteiger charge is 2.51. The fourth-order valence-corrected chi connectivity index (χ4v) is 4.48. The second-order valence-corrected chi connectivity index (χ2v) is 9.09. The number of hydrogen-bond donors (Lipinski definition) is 1. The molecule has 32 heavy (non-hydrogen) atoms. The fourth-order valence-electron chi connectivity index (χ4n) is 4.12. The normalized spacial score (nSPS) is 17.4. The van der Waals surface area contributed by atoms with Gasteiger partial charge in [0, 0.05) is 15.6 Å². The van der Waals surface area contributed by atoms with Gasteiger partial charge in [-0.15, -0.1) is 0 Å². The van der Waals surface area contributed by atoms with Crippen LogP contribution in [0.3, 0.4) is 0 Å². The van der Waals surface area contributed by atoms with E-state index >= 15 is 0 Å². The lowest BCUT2D eigenvalue weighted by atomic mass is 9.88. The molecule has 3 aromatic rings. The van der Waals surface area contributed by atoms with Gasteiger partial charge in [-0.05, 0) is 55.3 Å². The number of halogens is 1. The van der Waals surface area contributed by atoms with E-state index in [0.717, 1.165) is 21.2 Å². The van der Waals surface area contributed by atoms with Gasteiger partial charge in [0.05, 0.1) is 25.8 Å². The summed E-state index contributed by atoms with van der Waals surface area (Å²) in [4.78, 5) is 28.2. The molecule has 5 nitrogen and oxygen atoms in total. The van der Waals surface area contributed by atoms with Crippen LogP contribution in [0.1, 0.15) is 39.0 Å². The van der Waals surface area contributed by atoms with Crippen LogP contribution in [0.25, 0.3) is 0 Å². The Hall–Kier alpha value is -2.96. The van der Waals surface area contributed by atoms with E-state index in [0.29, 0.717) is 29.1 Å². The summed E-state index contributed by atoms with van der Waals surface area (Å²) in [6.45, 7) is 4.32. The van der Waals surface area contributed by atoms with Crippen LogP contribution in [0, 0.1) is 13.8 Å². The number of aryl methyl sites for hydroxylation is 2.